The molecule has 0 aromatic heterocycles. The lowest BCUT2D eigenvalue weighted by Crippen LogP contribution is -2.29. The Morgan fingerprint density at radius 1 is 1.38 bits per heavy atom. The molecule has 2 rings (SSSR count). The number of primary amides is 1. The standard InChI is InChI=1S/C15H19FN2O3/c16-13-5-4-9(14(17)19)6-11(13)8-18-7-10-2-1-3-12(10)15(20)21/h4-6,10,12,18H,1-3,7-8H2,(H2,17,19)(H,20,21). The molecule has 4 N–H and O–H groups in total. The number of nitrogens with two attached hydrogens (primary N) is 1. The molecule has 5 nitrogen and oxygen atoms in total. The zero-order chi connectivity index (χ0) is 15.4. The first-order valence-corrected chi connectivity index (χ1v) is 7.00. The van der Waals surface area contributed by atoms with Crippen molar-refractivity contribution in [2.45, 2.75) is 25.8 Å². The van der Waals surface area contributed by atoms with Crippen molar-refractivity contribution in [2.24, 2.45) is 17.6 Å². The molecule has 0 radical (unpaired) electrons. The van der Waals surface area contributed by atoms with Gasteiger partial charge < -0.3 is 16.2 Å². The number of carbonyl (C=O) groups is 2. The summed E-state index contributed by atoms with van der Waals surface area (Å²) in [5.74, 6) is -2.02. The van der Waals surface area contributed by atoms with Crippen molar-refractivity contribution in [1.29, 1.82) is 0 Å². The maximum atomic E-state index is 13.7. The zero-order valence-electron chi connectivity index (χ0n) is 11.6. The maximum Gasteiger partial charge on any atom is 0.306 e. The number of amides is 1. The van der Waals surface area contributed by atoms with Crippen LogP contribution in [-0.4, -0.2) is 23.5 Å². The molecule has 114 valence electrons. The van der Waals surface area contributed by atoms with E-state index in [9.17, 15) is 14.0 Å². The molecule has 0 aliphatic heterocycles. The first-order valence-electron chi connectivity index (χ1n) is 7.00. The van der Waals surface area contributed by atoms with Gasteiger partial charge in [0.15, 0.2) is 0 Å². The Labute approximate surface area is 122 Å². The fraction of sp³-hybridized carbons (Fsp3) is 0.467. The second-order valence-electron chi connectivity index (χ2n) is 5.44. The van der Waals surface area contributed by atoms with Crippen LogP contribution in [0.4, 0.5) is 4.39 Å². The molecule has 1 aliphatic rings. The molecule has 0 bridgehead atoms. The first kappa shape index (κ1) is 15.4. The number of rotatable bonds is 6. The molecular formula is C15H19FN2O3. The van der Waals surface area contributed by atoms with E-state index in [1.165, 1.54) is 18.2 Å². The highest BCUT2D eigenvalue weighted by atomic mass is 19.1. The van der Waals surface area contributed by atoms with Crippen LogP contribution in [0.5, 0.6) is 0 Å². The van der Waals surface area contributed by atoms with Gasteiger partial charge in [-0.25, -0.2) is 4.39 Å². The van der Waals surface area contributed by atoms with Crippen LogP contribution < -0.4 is 11.1 Å². The smallest absolute Gasteiger partial charge is 0.306 e. The normalized spacial score (nSPS) is 21.4. The molecule has 1 aromatic rings. The van der Waals surface area contributed by atoms with Crippen molar-refractivity contribution in [1.82, 2.24) is 5.32 Å². The van der Waals surface area contributed by atoms with Gasteiger partial charge in [-0.1, -0.05) is 6.42 Å². The molecule has 21 heavy (non-hydrogen) atoms. The molecule has 1 aromatic carbocycles. The van der Waals surface area contributed by atoms with Crippen LogP contribution in [0.25, 0.3) is 0 Å². The fourth-order valence-corrected chi connectivity index (χ4v) is 2.86. The van der Waals surface area contributed by atoms with Gasteiger partial charge in [-0.15, -0.1) is 0 Å². The van der Waals surface area contributed by atoms with Crippen LogP contribution >= 0.6 is 0 Å². The third-order valence-electron chi connectivity index (χ3n) is 4.03. The fourth-order valence-electron chi connectivity index (χ4n) is 2.86. The molecule has 0 spiro atoms. The Kier molecular flexibility index (Phi) is 4.90. The van der Waals surface area contributed by atoms with E-state index in [1.807, 2.05) is 0 Å². The van der Waals surface area contributed by atoms with E-state index < -0.39 is 17.7 Å². The predicted molar refractivity (Wildman–Crippen MR) is 75.1 cm³/mol. The number of aliphatic carboxylic acids is 1. The Morgan fingerprint density at radius 2 is 2.14 bits per heavy atom. The molecule has 1 fully saturated rings. The van der Waals surface area contributed by atoms with E-state index in [0.29, 0.717) is 18.5 Å². The van der Waals surface area contributed by atoms with Gasteiger partial charge in [-0.05, 0) is 43.5 Å². The van der Waals surface area contributed by atoms with Crippen molar-refractivity contribution in [2.75, 3.05) is 6.54 Å². The molecule has 1 amide bonds. The monoisotopic (exact) mass is 294 g/mol. The van der Waals surface area contributed by atoms with Gasteiger partial charge in [0, 0.05) is 17.7 Å². The summed E-state index contributed by atoms with van der Waals surface area (Å²) in [6.45, 7) is 0.771. The van der Waals surface area contributed by atoms with E-state index in [0.717, 1.165) is 12.8 Å². The Bertz CT molecular complexity index is 548. The van der Waals surface area contributed by atoms with Gasteiger partial charge in [0.1, 0.15) is 5.82 Å². The number of benzene rings is 1. The molecule has 1 saturated carbocycles. The highest BCUT2D eigenvalue weighted by molar-refractivity contribution is 5.92. The maximum absolute atomic E-state index is 13.7. The Hall–Kier alpha value is -1.95. The van der Waals surface area contributed by atoms with Crippen LogP contribution in [0.1, 0.15) is 35.2 Å². The van der Waals surface area contributed by atoms with Gasteiger partial charge in [-0.2, -0.15) is 0 Å². The number of hydrogen-bond acceptors (Lipinski definition) is 3. The Balaban J connectivity index is 1.93. The largest absolute Gasteiger partial charge is 0.481 e. The van der Waals surface area contributed by atoms with Crippen molar-refractivity contribution >= 4 is 11.9 Å². The van der Waals surface area contributed by atoms with Crippen LogP contribution in [0.2, 0.25) is 0 Å². The van der Waals surface area contributed by atoms with Crippen LogP contribution in [0.15, 0.2) is 18.2 Å². The molecule has 2 atom stereocenters. The van der Waals surface area contributed by atoms with Crippen molar-refractivity contribution in [3.8, 4) is 0 Å². The lowest BCUT2D eigenvalue weighted by atomic mass is 9.96. The molecule has 2 unspecified atom stereocenters. The van der Waals surface area contributed by atoms with Crippen LogP contribution in [0, 0.1) is 17.7 Å². The van der Waals surface area contributed by atoms with E-state index in [2.05, 4.69) is 5.32 Å². The number of halogens is 1. The lowest BCUT2D eigenvalue weighted by molar-refractivity contribution is -0.142. The average Bonchev–Trinajstić information content (AvgIpc) is 2.89. The second kappa shape index (κ2) is 6.67. The quantitative estimate of drug-likeness (QED) is 0.741. The number of carboxylic acid groups (broad SMARTS) is 1. The number of carbonyl (C=O) groups excluding carboxylic acids is 1. The topological polar surface area (TPSA) is 92.4 Å². The van der Waals surface area contributed by atoms with Gasteiger partial charge in [0.05, 0.1) is 5.92 Å². The van der Waals surface area contributed by atoms with Crippen molar-refractivity contribution in [3.63, 3.8) is 0 Å². The van der Waals surface area contributed by atoms with Crippen LogP contribution in [0.3, 0.4) is 0 Å². The highest BCUT2D eigenvalue weighted by Gasteiger charge is 2.32. The van der Waals surface area contributed by atoms with Crippen LogP contribution in [-0.2, 0) is 11.3 Å². The highest BCUT2D eigenvalue weighted by Crippen LogP contribution is 2.31. The average molecular weight is 294 g/mol. The molecule has 0 heterocycles. The summed E-state index contributed by atoms with van der Waals surface area (Å²) in [7, 11) is 0. The second-order valence-corrected chi connectivity index (χ2v) is 5.44. The van der Waals surface area contributed by atoms with Gasteiger partial charge in [-0.3, -0.25) is 9.59 Å². The van der Waals surface area contributed by atoms with E-state index in [-0.39, 0.29) is 23.9 Å². The third kappa shape index (κ3) is 3.78. The summed E-state index contributed by atoms with van der Waals surface area (Å²) in [6, 6.07) is 3.99. The minimum Gasteiger partial charge on any atom is -0.481 e. The minimum atomic E-state index is -0.763. The summed E-state index contributed by atoms with van der Waals surface area (Å²) in [5.41, 5.74) is 5.78. The van der Waals surface area contributed by atoms with Crippen molar-refractivity contribution < 1.29 is 19.1 Å². The van der Waals surface area contributed by atoms with Crippen molar-refractivity contribution in [3.05, 3.63) is 35.1 Å². The third-order valence-corrected chi connectivity index (χ3v) is 4.03. The predicted octanol–water partition coefficient (Wildman–Crippen LogP) is 1.52. The summed E-state index contributed by atoms with van der Waals surface area (Å²) < 4.78 is 13.7. The minimum absolute atomic E-state index is 0.0740. The molecule has 1 aliphatic carbocycles. The summed E-state index contributed by atoms with van der Waals surface area (Å²) in [6.07, 6.45) is 2.48. The Morgan fingerprint density at radius 3 is 2.81 bits per heavy atom. The van der Waals surface area contributed by atoms with E-state index in [4.69, 9.17) is 10.8 Å². The lowest BCUT2D eigenvalue weighted by Gasteiger charge is -2.16. The molecule has 6 heteroatoms. The molecule has 0 saturated heterocycles. The molecular weight excluding hydrogens is 275 g/mol. The summed E-state index contributed by atoms with van der Waals surface area (Å²) in [4.78, 5) is 22.2. The SMILES string of the molecule is NC(=O)c1ccc(F)c(CNCC2CCCC2C(=O)O)c1. The number of nitrogens with one attached hydrogen (secondary N) is 1. The zero-order valence-corrected chi connectivity index (χ0v) is 11.6. The number of hydrogen-bond donors (Lipinski definition) is 3. The van der Waals surface area contributed by atoms with E-state index in [1.54, 1.807) is 0 Å². The first-order chi connectivity index (χ1) is 9.99. The number of carboxylic acids is 1. The summed E-state index contributed by atoms with van der Waals surface area (Å²) in [5, 5.41) is 12.2. The summed E-state index contributed by atoms with van der Waals surface area (Å²) >= 11 is 0. The van der Waals surface area contributed by atoms with Gasteiger partial charge in [0.25, 0.3) is 0 Å². The van der Waals surface area contributed by atoms with Gasteiger partial charge >= 0.3 is 5.97 Å². The van der Waals surface area contributed by atoms with E-state index >= 15 is 0 Å². The van der Waals surface area contributed by atoms with Gasteiger partial charge in [0.2, 0.25) is 5.91 Å².